The Morgan fingerprint density at radius 2 is 1.94 bits per heavy atom. The lowest BCUT2D eigenvalue weighted by Gasteiger charge is -2.34. The summed E-state index contributed by atoms with van der Waals surface area (Å²) in [4.78, 5) is 0. The van der Waals surface area contributed by atoms with Gasteiger partial charge in [-0.05, 0) is 35.2 Å². The number of benzene rings is 2. The molecule has 2 aromatic rings. The van der Waals surface area contributed by atoms with Crippen molar-refractivity contribution in [2.75, 3.05) is 0 Å². The number of nitrogens with two attached hydrogens (primary N) is 1. The molecule has 0 saturated carbocycles. The SMILES string of the molecule is NC(c1cccc(F)c1)C1Cc2ccccc21. The summed E-state index contributed by atoms with van der Waals surface area (Å²) < 4.78 is 13.2. The molecule has 0 heterocycles. The van der Waals surface area contributed by atoms with Crippen LogP contribution in [0.2, 0.25) is 0 Å². The molecule has 0 radical (unpaired) electrons. The summed E-state index contributed by atoms with van der Waals surface area (Å²) >= 11 is 0. The number of hydrogen-bond acceptors (Lipinski definition) is 1. The Morgan fingerprint density at radius 1 is 1.12 bits per heavy atom. The molecule has 17 heavy (non-hydrogen) atoms. The van der Waals surface area contributed by atoms with Crippen molar-refractivity contribution in [3.05, 3.63) is 71.0 Å². The van der Waals surface area contributed by atoms with E-state index in [4.69, 9.17) is 5.73 Å². The van der Waals surface area contributed by atoms with Crippen LogP contribution >= 0.6 is 0 Å². The fourth-order valence-electron chi connectivity index (χ4n) is 2.56. The van der Waals surface area contributed by atoms with Crippen molar-refractivity contribution in [2.45, 2.75) is 18.4 Å². The van der Waals surface area contributed by atoms with E-state index < -0.39 is 0 Å². The van der Waals surface area contributed by atoms with Crippen LogP contribution in [0.25, 0.3) is 0 Å². The lowest BCUT2D eigenvalue weighted by molar-refractivity contribution is 0.497. The van der Waals surface area contributed by atoms with Gasteiger partial charge in [0.05, 0.1) is 0 Å². The molecular formula is C15H14FN. The van der Waals surface area contributed by atoms with Crippen molar-refractivity contribution >= 4 is 0 Å². The largest absolute Gasteiger partial charge is 0.323 e. The van der Waals surface area contributed by atoms with Crippen LogP contribution in [0.15, 0.2) is 48.5 Å². The molecule has 0 bridgehead atoms. The third-order valence-corrected chi connectivity index (χ3v) is 3.56. The van der Waals surface area contributed by atoms with E-state index in [1.165, 1.54) is 23.3 Å². The van der Waals surface area contributed by atoms with Crippen LogP contribution in [-0.4, -0.2) is 0 Å². The average Bonchev–Trinajstić information content (AvgIpc) is 2.30. The fourth-order valence-corrected chi connectivity index (χ4v) is 2.56. The Hall–Kier alpha value is -1.67. The monoisotopic (exact) mass is 227 g/mol. The minimum absolute atomic E-state index is 0.111. The molecule has 2 aromatic carbocycles. The van der Waals surface area contributed by atoms with E-state index in [1.807, 2.05) is 18.2 Å². The molecule has 0 aliphatic heterocycles. The first-order valence-corrected chi connectivity index (χ1v) is 5.84. The lowest BCUT2D eigenvalue weighted by Crippen LogP contribution is -2.28. The highest BCUT2D eigenvalue weighted by Gasteiger charge is 2.31. The first-order valence-electron chi connectivity index (χ1n) is 5.84. The predicted octanol–water partition coefficient (Wildman–Crippen LogP) is 3.17. The first kappa shape index (κ1) is 10.5. The van der Waals surface area contributed by atoms with Crippen molar-refractivity contribution in [1.29, 1.82) is 0 Å². The van der Waals surface area contributed by atoms with E-state index in [0.717, 1.165) is 12.0 Å². The van der Waals surface area contributed by atoms with Gasteiger partial charge >= 0.3 is 0 Å². The van der Waals surface area contributed by atoms with E-state index >= 15 is 0 Å². The normalized spacial score (nSPS) is 19.3. The Morgan fingerprint density at radius 3 is 2.71 bits per heavy atom. The molecule has 86 valence electrons. The predicted molar refractivity (Wildman–Crippen MR) is 66.2 cm³/mol. The van der Waals surface area contributed by atoms with Crippen LogP contribution in [0, 0.1) is 5.82 Å². The van der Waals surface area contributed by atoms with Crippen LogP contribution in [0.4, 0.5) is 4.39 Å². The third-order valence-electron chi connectivity index (χ3n) is 3.56. The molecule has 3 rings (SSSR count). The standard InChI is InChI=1S/C15H14FN/c16-12-6-3-5-11(8-12)15(17)14-9-10-4-1-2-7-13(10)14/h1-8,14-15H,9,17H2. The van der Waals surface area contributed by atoms with E-state index in [2.05, 4.69) is 12.1 Å². The maximum absolute atomic E-state index is 13.2. The number of halogens is 1. The Kier molecular flexibility index (Phi) is 2.45. The summed E-state index contributed by atoms with van der Waals surface area (Å²) in [6.07, 6.45) is 0.994. The highest BCUT2D eigenvalue weighted by molar-refractivity contribution is 5.43. The van der Waals surface area contributed by atoms with Gasteiger partial charge < -0.3 is 5.73 Å². The average molecular weight is 227 g/mol. The second kappa shape index (κ2) is 3.97. The van der Waals surface area contributed by atoms with E-state index in [1.54, 1.807) is 6.07 Å². The molecule has 2 atom stereocenters. The minimum atomic E-state index is -0.217. The zero-order valence-corrected chi connectivity index (χ0v) is 9.44. The summed E-state index contributed by atoms with van der Waals surface area (Å²) in [6.45, 7) is 0. The van der Waals surface area contributed by atoms with Crippen molar-refractivity contribution in [3.8, 4) is 0 Å². The van der Waals surface area contributed by atoms with Crippen molar-refractivity contribution in [1.82, 2.24) is 0 Å². The smallest absolute Gasteiger partial charge is 0.123 e. The summed E-state index contributed by atoms with van der Waals surface area (Å²) in [6, 6.07) is 14.8. The first-order chi connectivity index (χ1) is 8.25. The summed E-state index contributed by atoms with van der Waals surface area (Å²) in [5.41, 5.74) is 9.77. The topological polar surface area (TPSA) is 26.0 Å². The molecule has 2 heteroatoms. The Labute approximate surface area is 100 Å². The molecule has 0 saturated heterocycles. The summed E-state index contributed by atoms with van der Waals surface area (Å²) in [5, 5.41) is 0. The molecule has 1 aliphatic rings. The second-order valence-electron chi connectivity index (χ2n) is 4.59. The van der Waals surface area contributed by atoms with E-state index in [9.17, 15) is 4.39 Å². The second-order valence-corrected chi connectivity index (χ2v) is 4.59. The summed E-state index contributed by atoms with van der Waals surface area (Å²) in [5.74, 6) is 0.110. The Balaban J connectivity index is 1.88. The van der Waals surface area contributed by atoms with Crippen molar-refractivity contribution in [2.24, 2.45) is 5.73 Å². The number of rotatable bonds is 2. The zero-order valence-electron chi connectivity index (χ0n) is 9.44. The van der Waals surface area contributed by atoms with E-state index in [0.29, 0.717) is 5.92 Å². The van der Waals surface area contributed by atoms with Gasteiger partial charge in [0.2, 0.25) is 0 Å². The third kappa shape index (κ3) is 1.75. The molecular weight excluding hydrogens is 213 g/mol. The van der Waals surface area contributed by atoms with Gasteiger partial charge in [0.15, 0.2) is 0 Å². The van der Waals surface area contributed by atoms with Gasteiger partial charge in [-0.25, -0.2) is 4.39 Å². The highest BCUT2D eigenvalue weighted by atomic mass is 19.1. The lowest BCUT2D eigenvalue weighted by atomic mass is 9.72. The van der Waals surface area contributed by atoms with Gasteiger partial charge in [-0.3, -0.25) is 0 Å². The zero-order chi connectivity index (χ0) is 11.8. The van der Waals surface area contributed by atoms with Gasteiger partial charge in [0, 0.05) is 12.0 Å². The maximum atomic E-state index is 13.2. The molecule has 0 fully saturated rings. The van der Waals surface area contributed by atoms with Crippen molar-refractivity contribution in [3.63, 3.8) is 0 Å². The van der Waals surface area contributed by atoms with Crippen LogP contribution < -0.4 is 5.73 Å². The molecule has 1 nitrogen and oxygen atoms in total. The molecule has 0 aromatic heterocycles. The molecule has 0 amide bonds. The maximum Gasteiger partial charge on any atom is 0.123 e. The van der Waals surface area contributed by atoms with Crippen LogP contribution in [0.1, 0.15) is 28.7 Å². The van der Waals surface area contributed by atoms with Crippen molar-refractivity contribution < 1.29 is 4.39 Å². The van der Waals surface area contributed by atoms with Gasteiger partial charge in [-0.15, -0.1) is 0 Å². The fraction of sp³-hybridized carbons (Fsp3) is 0.200. The van der Waals surface area contributed by atoms with Gasteiger partial charge in [-0.2, -0.15) is 0 Å². The summed E-state index contributed by atoms with van der Waals surface area (Å²) in [7, 11) is 0. The molecule has 2 unspecified atom stereocenters. The van der Waals surface area contributed by atoms with E-state index in [-0.39, 0.29) is 11.9 Å². The minimum Gasteiger partial charge on any atom is -0.323 e. The van der Waals surface area contributed by atoms with Crippen LogP contribution in [-0.2, 0) is 6.42 Å². The van der Waals surface area contributed by atoms with Gasteiger partial charge in [0.25, 0.3) is 0 Å². The number of fused-ring (bicyclic) bond motifs is 1. The van der Waals surface area contributed by atoms with Gasteiger partial charge in [0.1, 0.15) is 5.82 Å². The molecule has 1 aliphatic carbocycles. The quantitative estimate of drug-likeness (QED) is 0.837. The number of hydrogen-bond donors (Lipinski definition) is 1. The van der Waals surface area contributed by atoms with Crippen LogP contribution in [0.5, 0.6) is 0 Å². The molecule has 0 spiro atoms. The Bertz CT molecular complexity index is 550. The van der Waals surface area contributed by atoms with Crippen LogP contribution in [0.3, 0.4) is 0 Å². The molecule has 2 N–H and O–H groups in total. The van der Waals surface area contributed by atoms with Gasteiger partial charge in [-0.1, -0.05) is 36.4 Å². The highest BCUT2D eigenvalue weighted by Crippen LogP contribution is 2.42.